The molecule has 1 amide bonds. The lowest BCUT2D eigenvalue weighted by Crippen LogP contribution is -2.51. The molecule has 1 unspecified atom stereocenters. The number of halogens is 1. The molecule has 1 fully saturated rings. The van der Waals surface area contributed by atoms with Crippen LogP contribution in [0.3, 0.4) is 0 Å². The second-order valence-corrected chi connectivity index (χ2v) is 4.52. The van der Waals surface area contributed by atoms with Crippen LogP contribution in [0.25, 0.3) is 0 Å². The van der Waals surface area contributed by atoms with E-state index in [2.05, 4.69) is 24.5 Å². The SMILES string of the molecule is CCCCC(CC)CNC(=O)C1CNC1.Cl. The Morgan fingerprint density at radius 1 is 1.44 bits per heavy atom. The van der Waals surface area contributed by atoms with Gasteiger partial charge in [-0.3, -0.25) is 4.79 Å². The van der Waals surface area contributed by atoms with E-state index < -0.39 is 0 Å². The number of rotatable bonds is 7. The van der Waals surface area contributed by atoms with Gasteiger partial charge < -0.3 is 10.6 Å². The van der Waals surface area contributed by atoms with E-state index in [-0.39, 0.29) is 24.2 Å². The average Bonchev–Trinajstić information content (AvgIpc) is 2.15. The summed E-state index contributed by atoms with van der Waals surface area (Å²) >= 11 is 0. The highest BCUT2D eigenvalue weighted by molar-refractivity contribution is 5.85. The maximum Gasteiger partial charge on any atom is 0.225 e. The van der Waals surface area contributed by atoms with Crippen molar-refractivity contribution in [3.63, 3.8) is 0 Å². The van der Waals surface area contributed by atoms with Crippen molar-refractivity contribution in [2.45, 2.75) is 39.5 Å². The van der Waals surface area contributed by atoms with Crippen molar-refractivity contribution in [2.75, 3.05) is 19.6 Å². The van der Waals surface area contributed by atoms with Gasteiger partial charge in [0, 0.05) is 19.6 Å². The Labute approximate surface area is 105 Å². The molecule has 1 saturated heterocycles. The Balaban J connectivity index is 0.00000225. The second-order valence-electron chi connectivity index (χ2n) is 4.52. The maximum atomic E-state index is 11.6. The lowest BCUT2D eigenvalue weighted by molar-refractivity contribution is -0.126. The van der Waals surface area contributed by atoms with Crippen LogP contribution in [0.2, 0.25) is 0 Å². The summed E-state index contributed by atoms with van der Waals surface area (Å²) in [5.74, 6) is 1.14. The summed E-state index contributed by atoms with van der Waals surface area (Å²) in [4.78, 5) is 11.6. The van der Waals surface area contributed by atoms with Crippen LogP contribution in [0.1, 0.15) is 39.5 Å². The second kappa shape index (κ2) is 8.82. The molecule has 0 aromatic rings. The van der Waals surface area contributed by atoms with Crippen LogP contribution in [0.5, 0.6) is 0 Å². The summed E-state index contributed by atoms with van der Waals surface area (Å²) in [5.41, 5.74) is 0. The van der Waals surface area contributed by atoms with Crippen molar-refractivity contribution in [1.82, 2.24) is 10.6 Å². The summed E-state index contributed by atoms with van der Waals surface area (Å²) in [6.07, 6.45) is 4.94. The third kappa shape index (κ3) is 5.17. The van der Waals surface area contributed by atoms with Crippen molar-refractivity contribution in [1.29, 1.82) is 0 Å². The van der Waals surface area contributed by atoms with Crippen LogP contribution in [-0.2, 0) is 4.79 Å². The van der Waals surface area contributed by atoms with Crippen LogP contribution in [0, 0.1) is 11.8 Å². The monoisotopic (exact) mass is 248 g/mol. The zero-order chi connectivity index (χ0) is 11.1. The Morgan fingerprint density at radius 3 is 2.56 bits per heavy atom. The number of carbonyl (C=O) groups is 1. The zero-order valence-electron chi connectivity index (χ0n) is 10.4. The number of nitrogens with one attached hydrogen (secondary N) is 2. The Morgan fingerprint density at radius 2 is 2.12 bits per heavy atom. The molecule has 3 nitrogen and oxygen atoms in total. The van der Waals surface area contributed by atoms with Gasteiger partial charge >= 0.3 is 0 Å². The number of hydrogen-bond acceptors (Lipinski definition) is 2. The number of hydrogen-bond donors (Lipinski definition) is 2. The standard InChI is InChI=1S/C12H24N2O.ClH/c1-3-5-6-10(4-2)7-14-12(15)11-8-13-9-11;/h10-11,13H,3-9H2,1-2H3,(H,14,15);1H. The Kier molecular flexibility index (Phi) is 8.67. The van der Waals surface area contributed by atoms with Gasteiger partial charge in [0.2, 0.25) is 5.91 Å². The van der Waals surface area contributed by atoms with E-state index in [1.54, 1.807) is 0 Å². The molecule has 4 heteroatoms. The van der Waals surface area contributed by atoms with E-state index >= 15 is 0 Å². The molecular formula is C12H25ClN2O. The molecule has 1 rings (SSSR count). The van der Waals surface area contributed by atoms with Crippen molar-refractivity contribution >= 4 is 18.3 Å². The Hall–Kier alpha value is -0.280. The molecule has 1 atom stereocenters. The van der Waals surface area contributed by atoms with Gasteiger partial charge in [0.05, 0.1) is 5.92 Å². The molecule has 1 aliphatic rings. The average molecular weight is 249 g/mol. The molecule has 0 spiro atoms. The minimum absolute atomic E-state index is 0. The normalized spacial score (nSPS) is 17.1. The summed E-state index contributed by atoms with van der Waals surface area (Å²) in [5, 5.41) is 6.18. The molecule has 16 heavy (non-hydrogen) atoms. The van der Waals surface area contributed by atoms with E-state index in [0.29, 0.717) is 5.92 Å². The molecule has 0 radical (unpaired) electrons. The fraction of sp³-hybridized carbons (Fsp3) is 0.917. The van der Waals surface area contributed by atoms with Crippen molar-refractivity contribution in [3.8, 4) is 0 Å². The predicted octanol–water partition coefficient (Wildman–Crippen LogP) is 1.96. The van der Waals surface area contributed by atoms with E-state index in [1.807, 2.05) is 0 Å². The molecule has 0 aromatic carbocycles. The summed E-state index contributed by atoms with van der Waals surface area (Å²) in [6, 6.07) is 0. The quantitative estimate of drug-likeness (QED) is 0.723. The highest BCUT2D eigenvalue weighted by Gasteiger charge is 2.24. The highest BCUT2D eigenvalue weighted by Crippen LogP contribution is 2.11. The molecular weight excluding hydrogens is 224 g/mol. The van der Waals surface area contributed by atoms with Crippen molar-refractivity contribution < 1.29 is 4.79 Å². The maximum absolute atomic E-state index is 11.6. The number of carbonyl (C=O) groups excluding carboxylic acids is 1. The lowest BCUT2D eigenvalue weighted by Gasteiger charge is -2.26. The lowest BCUT2D eigenvalue weighted by atomic mass is 9.98. The highest BCUT2D eigenvalue weighted by atomic mass is 35.5. The van der Waals surface area contributed by atoms with Crippen LogP contribution < -0.4 is 10.6 Å². The molecule has 1 aliphatic heterocycles. The summed E-state index contributed by atoms with van der Waals surface area (Å²) < 4.78 is 0. The summed E-state index contributed by atoms with van der Waals surface area (Å²) in [7, 11) is 0. The first-order valence-electron chi connectivity index (χ1n) is 6.26. The van der Waals surface area contributed by atoms with Crippen LogP contribution in [0.4, 0.5) is 0 Å². The first-order valence-corrected chi connectivity index (χ1v) is 6.26. The van der Waals surface area contributed by atoms with Gasteiger partial charge in [-0.1, -0.05) is 33.1 Å². The smallest absolute Gasteiger partial charge is 0.225 e. The molecule has 2 N–H and O–H groups in total. The first-order chi connectivity index (χ1) is 7.27. The van der Waals surface area contributed by atoms with Crippen LogP contribution in [0.15, 0.2) is 0 Å². The molecule has 0 aromatic heterocycles. The zero-order valence-corrected chi connectivity index (χ0v) is 11.2. The molecule has 0 bridgehead atoms. The third-order valence-corrected chi connectivity index (χ3v) is 3.26. The molecule has 0 aliphatic carbocycles. The molecule has 0 saturated carbocycles. The van der Waals surface area contributed by atoms with Crippen LogP contribution in [-0.4, -0.2) is 25.5 Å². The topological polar surface area (TPSA) is 41.1 Å². The van der Waals surface area contributed by atoms with Crippen LogP contribution >= 0.6 is 12.4 Å². The fourth-order valence-corrected chi connectivity index (χ4v) is 1.81. The Bertz CT molecular complexity index is 195. The van der Waals surface area contributed by atoms with E-state index in [9.17, 15) is 4.79 Å². The van der Waals surface area contributed by atoms with E-state index in [0.717, 1.165) is 19.6 Å². The third-order valence-electron chi connectivity index (χ3n) is 3.26. The minimum atomic E-state index is 0. The van der Waals surface area contributed by atoms with Gasteiger partial charge in [-0.05, 0) is 12.3 Å². The van der Waals surface area contributed by atoms with Gasteiger partial charge in [0.1, 0.15) is 0 Å². The van der Waals surface area contributed by atoms with E-state index in [1.165, 1.54) is 25.7 Å². The predicted molar refractivity (Wildman–Crippen MR) is 69.9 cm³/mol. The number of unbranched alkanes of at least 4 members (excludes halogenated alkanes) is 1. The van der Waals surface area contributed by atoms with Crippen molar-refractivity contribution in [3.05, 3.63) is 0 Å². The minimum Gasteiger partial charge on any atom is -0.356 e. The molecule has 96 valence electrons. The van der Waals surface area contributed by atoms with Crippen molar-refractivity contribution in [2.24, 2.45) is 11.8 Å². The summed E-state index contributed by atoms with van der Waals surface area (Å²) in [6.45, 7) is 7.00. The van der Waals surface area contributed by atoms with Gasteiger partial charge in [-0.2, -0.15) is 0 Å². The van der Waals surface area contributed by atoms with Gasteiger partial charge in [0.15, 0.2) is 0 Å². The fourth-order valence-electron chi connectivity index (χ4n) is 1.81. The first kappa shape index (κ1) is 15.7. The number of amides is 1. The molecule has 1 heterocycles. The van der Waals surface area contributed by atoms with Gasteiger partial charge in [-0.25, -0.2) is 0 Å². The van der Waals surface area contributed by atoms with Gasteiger partial charge in [0.25, 0.3) is 0 Å². The van der Waals surface area contributed by atoms with Gasteiger partial charge in [-0.15, -0.1) is 12.4 Å². The largest absolute Gasteiger partial charge is 0.356 e. The van der Waals surface area contributed by atoms with E-state index in [4.69, 9.17) is 0 Å².